The fraction of sp³-hybridized carbons (Fsp3) is 0.304. The number of nitrogens with zero attached hydrogens (tertiary/aromatic N) is 2. The Morgan fingerprint density at radius 3 is 2.59 bits per heavy atom. The Hall–Kier alpha value is -3.12. The van der Waals surface area contributed by atoms with E-state index in [-0.39, 0.29) is 0 Å². The van der Waals surface area contributed by atoms with E-state index < -0.39 is 5.97 Å². The van der Waals surface area contributed by atoms with Gasteiger partial charge in [-0.3, -0.25) is 4.79 Å². The topological polar surface area (TPSA) is 70.1 Å². The lowest BCUT2D eigenvalue weighted by molar-refractivity contribution is -0.132. The van der Waals surface area contributed by atoms with Crippen molar-refractivity contribution in [3.05, 3.63) is 53.6 Å². The minimum atomic E-state index is -0.950. The maximum absolute atomic E-state index is 11.5. The standard InChI is InChI=1S/C23H26N2O4/c1-3-29-13-12-24(2)21-7-4-17(5-8-21)18-6-9-22-20(14-18)15-19(23(27)28)10-11-25(22)16-26/h4-9,14-16H,3,10-13H2,1-2H3,(H,27,28). The second-order valence-corrected chi connectivity index (χ2v) is 6.96. The van der Waals surface area contributed by atoms with Crippen molar-refractivity contribution in [1.29, 1.82) is 0 Å². The molecule has 0 unspecified atom stereocenters. The molecule has 1 N–H and O–H groups in total. The molecule has 1 amide bonds. The number of anilines is 2. The Labute approximate surface area is 171 Å². The van der Waals surface area contributed by atoms with Crippen LogP contribution >= 0.6 is 0 Å². The first-order valence-corrected chi connectivity index (χ1v) is 9.72. The summed E-state index contributed by atoms with van der Waals surface area (Å²) in [6, 6.07) is 14.0. The molecule has 3 rings (SSSR count). The van der Waals surface area contributed by atoms with Crippen LogP contribution in [0.3, 0.4) is 0 Å². The van der Waals surface area contributed by atoms with Crippen molar-refractivity contribution in [2.75, 3.05) is 43.2 Å². The fourth-order valence-electron chi connectivity index (χ4n) is 3.39. The molecular weight excluding hydrogens is 368 g/mol. The zero-order chi connectivity index (χ0) is 20.8. The zero-order valence-electron chi connectivity index (χ0n) is 16.8. The number of benzene rings is 2. The number of carboxylic acids is 1. The fourth-order valence-corrected chi connectivity index (χ4v) is 3.39. The average molecular weight is 394 g/mol. The molecule has 29 heavy (non-hydrogen) atoms. The predicted octanol–water partition coefficient (Wildman–Crippen LogP) is 3.66. The first-order chi connectivity index (χ1) is 14.0. The summed E-state index contributed by atoms with van der Waals surface area (Å²) in [5.74, 6) is -0.950. The Bertz CT molecular complexity index is 906. The number of rotatable bonds is 8. The smallest absolute Gasteiger partial charge is 0.331 e. The molecule has 0 fully saturated rings. The largest absolute Gasteiger partial charge is 0.478 e. The van der Waals surface area contributed by atoms with Crippen LogP contribution in [0.5, 0.6) is 0 Å². The number of amides is 1. The van der Waals surface area contributed by atoms with Gasteiger partial charge in [0.05, 0.1) is 12.3 Å². The van der Waals surface area contributed by atoms with Crippen LogP contribution in [0.2, 0.25) is 0 Å². The number of likely N-dealkylation sites (N-methyl/N-ethyl adjacent to an activating group) is 1. The number of aliphatic carboxylic acids is 1. The van der Waals surface area contributed by atoms with E-state index >= 15 is 0 Å². The normalized spacial score (nSPS) is 13.3. The van der Waals surface area contributed by atoms with Crippen molar-refractivity contribution in [2.24, 2.45) is 0 Å². The number of fused-ring (bicyclic) bond motifs is 1. The van der Waals surface area contributed by atoms with Crippen molar-refractivity contribution >= 4 is 29.8 Å². The van der Waals surface area contributed by atoms with Gasteiger partial charge in [-0.2, -0.15) is 0 Å². The van der Waals surface area contributed by atoms with E-state index in [4.69, 9.17) is 4.74 Å². The van der Waals surface area contributed by atoms with Crippen molar-refractivity contribution in [3.63, 3.8) is 0 Å². The van der Waals surface area contributed by atoms with Crippen LogP contribution in [0, 0.1) is 0 Å². The van der Waals surface area contributed by atoms with Crippen LogP contribution in [-0.2, 0) is 14.3 Å². The molecule has 0 aliphatic carbocycles. The predicted molar refractivity (Wildman–Crippen MR) is 115 cm³/mol. The third-order valence-corrected chi connectivity index (χ3v) is 5.11. The van der Waals surface area contributed by atoms with E-state index in [0.29, 0.717) is 31.8 Å². The van der Waals surface area contributed by atoms with E-state index in [1.165, 1.54) is 0 Å². The van der Waals surface area contributed by atoms with Gasteiger partial charge < -0.3 is 19.6 Å². The summed E-state index contributed by atoms with van der Waals surface area (Å²) in [7, 11) is 2.03. The van der Waals surface area contributed by atoms with E-state index in [1.807, 2.05) is 44.3 Å². The van der Waals surface area contributed by atoms with Gasteiger partial charge in [0.2, 0.25) is 6.41 Å². The summed E-state index contributed by atoms with van der Waals surface area (Å²) in [5.41, 5.74) is 4.88. The molecule has 0 radical (unpaired) electrons. The lowest BCUT2D eigenvalue weighted by Crippen LogP contribution is -2.22. The molecule has 1 aliphatic heterocycles. The SMILES string of the molecule is CCOCCN(C)c1ccc(-c2ccc3c(c2)C=C(C(=O)O)CCN3C=O)cc1. The van der Waals surface area contributed by atoms with Crippen LogP contribution in [0.4, 0.5) is 11.4 Å². The molecule has 2 aromatic rings. The molecule has 0 saturated carbocycles. The third-order valence-electron chi connectivity index (χ3n) is 5.11. The highest BCUT2D eigenvalue weighted by atomic mass is 16.5. The van der Waals surface area contributed by atoms with Gasteiger partial charge in [-0.05, 0) is 60.4 Å². The quantitative estimate of drug-likeness (QED) is 0.547. The van der Waals surface area contributed by atoms with E-state index in [1.54, 1.807) is 11.0 Å². The van der Waals surface area contributed by atoms with Gasteiger partial charge in [0.1, 0.15) is 0 Å². The zero-order valence-corrected chi connectivity index (χ0v) is 16.8. The Balaban J connectivity index is 1.87. The van der Waals surface area contributed by atoms with Gasteiger partial charge in [-0.15, -0.1) is 0 Å². The number of hydrogen-bond acceptors (Lipinski definition) is 4. The molecule has 0 atom stereocenters. The van der Waals surface area contributed by atoms with Crippen LogP contribution < -0.4 is 9.80 Å². The number of ether oxygens (including phenoxy) is 1. The second kappa shape index (κ2) is 9.39. The van der Waals surface area contributed by atoms with Crippen molar-refractivity contribution in [1.82, 2.24) is 0 Å². The van der Waals surface area contributed by atoms with Gasteiger partial charge in [-0.25, -0.2) is 4.79 Å². The number of carbonyl (C=O) groups is 2. The Kier molecular flexibility index (Phi) is 6.67. The monoisotopic (exact) mass is 394 g/mol. The Morgan fingerprint density at radius 2 is 1.93 bits per heavy atom. The summed E-state index contributed by atoms with van der Waals surface area (Å²) >= 11 is 0. The molecular formula is C23H26N2O4. The van der Waals surface area contributed by atoms with Crippen LogP contribution in [-0.4, -0.2) is 50.8 Å². The highest BCUT2D eigenvalue weighted by molar-refractivity contribution is 5.96. The van der Waals surface area contributed by atoms with E-state index in [0.717, 1.165) is 41.0 Å². The molecule has 6 nitrogen and oxygen atoms in total. The van der Waals surface area contributed by atoms with Crippen molar-refractivity contribution in [3.8, 4) is 11.1 Å². The first-order valence-electron chi connectivity index (χ1n) is 9.72. The summed E-state index contributed by atoms with van der Waals surface area (Å²) in [6.45, 7) is 4.56. The molecule has 1 aliphatic rings. The Morgan fingerprint density at radius 1 is 1.21 bits per heavy atom. The number of carbonyl (C=O) groups excluding carboxylic acids is 1. The lowest BCUT2D eigenvalue weighted by atomic mass is 10.00. The van der Waals surface area contributed by atoms with Gasteiger partial charge in [0.25, 0.3) is 0 Å². The molecule has 6 heteroatoms. The van der Waals surface area contributed by atoms with Crippen molar-refractivity contribution in [2.45, 2.75) is 13.3 Å². The van der Waals surface area contributed by atoms with Crippen LogP contribution in [0.1, 0.15) is 18.9 Å². The highest BCUT2D eigenvalue weighted by Crippen LogP contribution is 2.32. The van der Waals surface area contributed by atoms with Crippen LogP contribution in [0.15, 0.2) is 48.0 Å². The minimum Gasteiger partial charge on any atom is -0.478 e. The molecule has 1 heterocycles. The molecule has 152 valence electrons. The average Bonchev–Trinajstić information content (AvgIpc) is 2.92. The minimum absolute atomic E-state index is 0.305. The van der Waals surface area contributed by atoms with Gasteiger partial charge in [0, 0.05) is 38.0 Å². The summed E-state index contributed by atoms with van der Waals surface area (Å²) in [4.78, 5) is 26.6. The highest BCUT2D eigenvalue weighted by Gasteiger charge is 2.19. The summed E-state index contributed by atoms with van der Waals surface area (Å²) in [6.07, 6.45) is 2.74. The molecule has 0 bridgehead atoms. The maximum atomic E-state index is 11.5. The maximum Gasteiger partial charge on any atom is 0.331 e. The van der Waals surface area contributed by atoms with E-state index in [9.17, 15) is 14.7 Å². The molecule has 0 aromatic heterocycles. The second-order valence-electron chi connectivity index (χ2n) is 6.96. The van der Waals surface area contributed by atoms with Gasteiger partial charge in [0.15, 0.2) is 0 Å². The lowest BCUT2D eigenvalue weighted by Gasteiger charge is -2.20. The first kappa shape index (κ1) is 20.6. The van der Waals surface area contributed by atoms with Crippen LogP contribution in [0.25, 0.3) is 17.2 Å². The third kappa shape index (κ3) is 4.84. The number of hydrogen-bond donors (Lipinski definition) is 1. The van der Waals surface area contributed by atoms with E-state index in [2.05, 4.69) is 17.0 Å². The summed E-state index contributed by atoms with van der Waals surface area (Å²) in [5, 5.41) is 9.41. The van der Waals surface area contributed by atoms with Gasteiger partial charge in [-0.1, -0.05) is 18.2 Å². The summed E-state index contributed by atoms with van der Waals surface area (Å²) < 4.78 is 5.41. The molecule has 0 spiro atoms. The molecule has 2 aromatic carbocycles. The van der Waals surface area contributed by atoms with Gasteiger partial charge >= 0.3 is 5.97 Å². The van der Waals surface area contributed by atoms with Crippen molar-refractivity contribution < 1.29 is 19.4 Å². The molecule has 0 saturated heterocycles. The number of carboxylic acid groups (broad SMARTS) is 1.